The van der Waals surface area contributed by atoms with Crippen LogP contribution < -0.4 is 0 Å². The average Bonchev–Trinajstić information content (AvgIpc) is 2.55. The van der Waals surface area contributed by atoms with Crippen LogP contribution in [0.2, 0.25) is 0 Å². The number of hydrogen-bond acceptors (Lipinski definition) is 1. The second kappa shape index (κ2) is 5.86. The molecular weight excluding hydrogens is 174 g/mol. The smallest absolute Gasteiger partial charge is 0.0867 e. The summed E-state index contributed by atoms with van der Waals surface area (Å²) in [6, 6.07) is 4.34. The van der Waals surface area contributed by atoms with Gasteiger partial charge in [-0.15, -0.1) is 0 Å². The van der Waals surface area contributed by atoms with Gasteiger partial charge in [-0.2, -0.15) is 0 Å². The Hall–Kier alpha value is -0.760. The Bertz CT molecular complexity index is 265. The molecule has 0 aliphatic heterocycles. The number of hydrogen-bond donors (Lipinski definition) is 0. The summed E-state index contributed by atoms with van der Waals surface area (Å²) in [4.78, 5) is 0. The maximum absolute atomic E-state index is 5.58. The molecule has 0 amide bonds. The molecule has 0 aromatic carbocycles. The Morgan fingerprint density at radius 2 is 1.93 bits per heavy atom. The van der Waals surface area contributed by atoms with Gasteiger partial charge < -0.3 is 9.30 Å². The second-order valence-electron chi connectivity index (χ2n) is 3.63. The Kier molecular flexibility index (Phi) is 4.74. The number of ether oxygens (including phenoxy) is 1. The van der Waals surface area contributed by atoms with Crippen molar-refractivity contribution in [2.45, 2.75) is 39.7 Å². The van der Waals surface area contributed by atoms with Crippen molar-refractivity contribution in [1.29, 1.82) is 0 Å². The van der Waals surface area contributed by atoms with Gasteiger partial charge >= 0.3 is 0 Å². The van der Waals surface area contributed by atoms with Gasteiger partial charge in [0.25, 0.3) is 0 Å². The van der Waals surface area contributed by atoms with Crippen LogP contribution in [0.3, 0.4) is 0 Å². The molecule has 0 fully saturated rings. The monoisotopic (exact) mass is 195 g/mol. The number of aryl methyl sites for hydroxylation is 1. The van der Waals surface area contributed by atoms with Crippen LogP contribution in [0.5, 0.6) is 0 Å². The number of aromatic nitrogens is 1. The first-order valence-electron chi connectivity index (χ1n) is 5.50. The van der Waals surface area contributed by atoms with E-state index in [4.69, 9.17) is 4.74 Å². The van der Waals surface area contributed by atoms with E-state index in [0.29, 0.717) is 0 Å². The summed E-state index contributed by atoms with van der Waals surface area (Å²) in [5.74, 6) is 0. The molecule has 0 aliphatic rings. The Balaban J connectivity index is 2.39. The lowest BCUT2D eigenvalue weighted by Gasteiger charge is -2.07. The van der Waals surface area contributed by atoms with E-state index >= 15 is 0 Å². The summed E-state index contributed by atoms with van der Waals surface area (Å²) in [5.41, 5.74) is 2.65. The highest BCUT2D eigenvalue weighted by Crippen LogP contribution is 2.09. The first kappa shape index (κ1) is 11.3. The minimum atomic E-state index is 0.747. The van der Waals surface area contributed by atoms with Gasteiger partial charge in [-0.05, 0) is 25.0 Å². The van der Waals surface area contributed by atoms with E-state index in [0.717, 1.165) is 26.1 Å². The highest BCUT2D eigenvalue weighted by atomic mass is 16.5. The van der Waals surface area contributed by atoms with E-state index in [-0.39, 0.29) is 0 Å². The largest absolute Gasteiger partial charge is 0.375 e. The summed E-state index contributed by atoms with van der Waals surface area (Å²) in [6.07, 6.45) is 3.45. The van der Waals surface area contributed by atoms with Crippen LogP contribution in [0.25, 0.3) is 0 Å². The first-order valence-corrected chi connectivity index (χ1v) is 5.50. The minimum absolute atomic E-state index is 0.747. The maximum atomic E-state index is 5.58. The van der Waals surface area contributed by atoms with Crippen molar-refractivity contribution in [3.05, 3.63) is 23.5 Å². The molecule has 2 heteroatoms. The molecule has 0 unspecified atom stereocenters. The van der Waals surface area contributed by atoms with Crippen molar-refractivity contribution in [2.24, 2.45) is 7.05 Å². The van der Waals surface area contributed by atoms with E-state index in [1.807, 2.05) is 0 Å². The van der Waals surface area contributed by atoms with Crippen LogP contribution in [0, 0.1) is 0 Å². The van der Waals surface area contributed by atoms with Crippen molar-refractivity contribution in [3.63, 3.8) is 0 Å². The third-order valence-corrected chi connectivity index (χ3v) is 2.58. The summed E-state index contributed by atoms with van der Waals surface area (Å²) >= 11 is 0. The Morgan fingerprint density at radius 3 is 2.50 bits per heavy atom. The van der Waals surface area contributed by atoms with Crippen LogP contribution in [-0.4, -0.2) is 11.2 Å². The molecule has 0 radical (unpaired) electrons. The van der Waals surface area contributed by atoms with Gasteiger partial charge in [0.2, 0.25) is 0 Å². The zero-order valence-electron chi connectivity index (χ0n) is 9.55. The van der Waals surface area contributed by atoms with Crippen molar-refractivity contribution in [1.82, 2.24) is 4.57 Å². The van der Waals surface area contributed by atoms with Gasteiger partial charge in [-0.3, -0.25) is 0 Å². The van der Waals surface area contributed by atoms with E-state index in [1.54, 1.807) is 0 Å². The molecule has 14 heavy (non-hydrogen) atoms. The van der Waals surface area contributed by atoms with Crippen molar-refractivity contribution in [2.75, 3.05) is 6.61 Å². The molecule has 1 aromatic rings. The minimum Gasteiger partial charge on any atom is -0.375 e. The number of unbranched alkanes of at least 4 members (excludes halogenated alkanes) is 1. The zero-order chi connectivity index (χ0) is 10.4. The fourth-order valence-electron chi connectivity index (χ4n) is 1.52. The van der Waals surface area contributed by atoms with Crippen LogP contribution in [-0.2, 0) is 24.8 Å². The van der Waals surface area contributed by atoms with Crippen LogP contribution in [0.1, 0.15) is 38.1 Å². The Labute approximate surface area is 86.9 Å². The lowest BCUT2D eigenvalue weighted by atomic mass is 10.3. The van der Waals surface area contributed by atoms with Gasteiger partial charge in [-0.25, -0.2) is 0 Å². The predicted octanol–water partition coefficient (Wildman–Crippen LogP) is 2.90. The topological polar surface area (TPSA) is 14.2 Å². The normalized spacial score (nSPS) is 10.8. The molecule has 0 saturated carbocycles. The fraction of sp³-hybridized carbons (Fsp3) is 0.667. The molecule has 80 valence electrons. The van der Waals surface area contributed by atoms with Crippen molar-refractivity contribution in [3.8, 4) is 0 Å². The Morgan fingerprint density at radius 1 is 1.21 bits per heavy atom. The second-order valence-corrected chi connectivity index (χ2v) is 3.63. The lowest BCUT2D eigenvalue weighted by Crippen LogP contribution is -2.03. The van der Waals surface area contributed by atoms with Crippen LogP contribution >= 0.6 is 0 Å². The highest BCUT2D eigenvalue weighted by molar-refractivity contribution is 5.15. The third kappa shape index (κ3) is 2.88. The summed E-state index contributed by atoms with van der Waals surface area (Å²) in [5, 5.41) is 0. The summed E-state index contributed by atoms with van der Waals surface area (Å²) < 4.78 is 7.81. The van der Waals surface area contributed by atoms with Gasteiger partial charge in [0.15, 0.2) is 0 Å². The molecule has 0 N–H and O–H groups in total. The van der Waals surface area contributed by atoms with Crippen LogP contribution in [0.15, 0.2) is 12.1 Å². The first-order chi connectivity index (χ1) is 6.79. The molecule has 0 saturated heterocycles. The summed E-state index contributed by atoms with van der Waals surface area (Å²) in [6.45, 7) is 5.98. The van der Waals surface area contributed by atoms with Gasteiger partial charge in [0, 0.05) is 25.0 Å². The quantitative estimate of drug-likeness (QED) is 0.637. The number of nitrogens with zero attached hydrogens (tertiary/aromatic N) is 1. The molecular formula is C12H21NO. The van der Waals surface area contributed by atoms with E-state index < -0.39 is 0 Å². The SMILES string of the molecule is CCCCOCc1ccc(CC)n1C. The third-order valence-electron chi connectivity index (χ3n) is 2.58. The van der Waals surface area contributed by atoms with Gasteiger partial charge in [-0.1, -0.05) is 20.3 Å². The molecule has 0 aliphatic carbocycles. The number of rotatable bonds is 6. The molecule has 0 spiro atoms. The fourth-order valence-corrected chi connectivity index (χ4v) is 1.52. The highest BCUT2D eigenvalue weighted by Gasteiger charge is 2.02. The van der Waals surface area contributed by atoms with E-state index in [1.165, 1.54) is 17.8 Å². The standard InChI is InChI=1S/C12H21NO/c1-4-6-9-14-10-12-8-7-11(5-2)13(12)3/h7-8H,4-6,9-10H2,1-3H3. The molecule has 0 bridgehead atoms. The lowest BCUT2D eigenvalue weighted by molar-refractivity contribution is 0.113. The van der Waals surface area contributed by atoms with Gasteiger partial charge in [0.1, 0.15) is 0 Å². The van der Waals surface area contributed by atoms with Gasteiger partial charge in [0.05, 0.1) is 6.61 Å². The summed E-state index contributed by atoms with van der Waals surface area (Å²) in [7, 11) is 2.11. The van der Waals surface area contributed by atoms with Crippen LogP contribution in [0.4, 0.5) is 0 Å². The average molecular weight is 195 g/mol. The molecule has 1 aromatic heterocycles. The molecule has 0 atom stereocenters. The molecule has 2 nitrogen and oxygen atoms in total. The maximum Gasteiger partial charge on any atom is 0.0867 e. The van der Waals surface area contributed by atoms with E-state index in [2.05, 4.69) is 37.6 Å². The van der Waals surface area contributed by atoms with Crippen molar-refractivity contribution < 1.29 is 4.74 Å². The molecule has 1 rings (SSSR count). The van der Waals surface area contributed by atoms with E-state index in [9.17, 15) is 0 Å². The molecule has 1 heterocycles. The zero-order valence-corrected chi connectivity index (χ0v) is 9.55. The van der Waals surface area contributed by atoms with Crippen molar-refractivity contribution >= 4 is 0 Å². The predicted molar refractivity (Wildman–Crippen MR) is 59.4 cm³/mol.